The quantitative estimate of drug-likeness (QED) is 0.143. The van der Waals surface area contributed by atoms with Crippen molar-refractivity contribution in [3.63, 3.8) is 0 Å². The number of rotatable bonds is 8. The minimum atomic E-state index is 0.0480. The van der Waals surface area contributed by atoms with E-state index in [1.165, 1.54) is 22.3 Å². The Bertz CT molecular complexity index is 3930. The van der Waals surface area contributed by atoms with Gasteiger partial charge in [0, 0.05) is 61.6 Å². The SMILES string of the molecule is Cc1ccc(-c2nc3cc(C=O)ccc3n2C)cc1.Cc1ccc(-c2nc3cc(CO)ccc3n2C)cc1.Cc1ccc(-c2nc3ccc(C=O)cc3n2C)cc1.Cc1ccc(-c2nc3ccc(CO)cc3n2C)cc1. The van der Waals surface area contributed by atoms with E-state index >= 15 is 0 Å². The summed E-state index contributed by atoms with van der Waals surface area (Å²) in [5.41, 5.74) is 20.2. The van der Waals surface area contributed by atoms with Crippen molar-refractivity contribution in [2.24, 2.45) is 28.2 Å². The van der Waals surface area contributed by atoms with Gasteiger partial charge in [-0.15, -0.1) is 0 Å². The number of imidazole rings is 4. The van der Waals surface area contributed by atoms with Crippen molar-refractivity contribution in [2.45, 2.75) is 40.9 Å². The second-order valence-electron chi connectivity index (χ2n) is 19.1. The second-order valence-corrected chi connectivity index (χ2v) is 19.1. The first-order valence-electron chi connectivity index (χ1n) is 25.0. The van der Waals surface area contributed by atoms with E-state index in [0.29, 0.717) is 11.1 Å². The van der Waals surface area contributed by atoms with Crippen LogP contribution in [-0.4, -0.2) is 61.0 Å². The van der Waals surface area contributed by atoms with Gasteiger partial charge in [0.2, 0.25) is 0 Å². The molecule has 0 radical (unpaired) electrons. The number of aryl methyl sites for hydroxylation is 8. The second kappa shape index (κ2) is 22.6. The van der Waals surface area contributed by atoms with Crippen LogP contribution < -0.4 is 0 Å². The molecule has 4 aromatic heterocycles. The highest BCUT2D eigenvalue weighted by molar-refractivity contribution is 5.89. The maximum atomic E-state index is 10.8. The predicted octanol–water partition coefficient (Wildman–Crippen LogP) is 12.8. The molecule has 0 fully saturated rings. The third-order valence-corrected chi connectivity index (χ3v) is 13.6. The zero-order valence-electron chi connectivity index (χ0n) is 44.0. The Kier molecular flexibility index (Phi) is 15.4. The summed E-state index contributed by atoms with van der Waals surface area (Å²) >= 11 is 0. The molecular formula is C64H60N8O4. The third-order valence-electron chi connectivity index (χ3n) is 13.6. The van der Waals surface area contributed by atoms with E-state index in [1.807, 2.05) is 99.5 Å². The van der Waals surface area contributed by atoms with Crippen LogP contribution in [0, 0.1) is 27.7 Å². The van der Waals surface area contributed by atoms with Gasteiger partial charge in [-0.1, -0.05) is 131 Å². The van der Waals surface area contributed by atoms with Crippen molar-refractivity contribution < 1.29 is 19.8 Å². The van der Waals surface area contributed by atoms with Gasteiger partial charge in [0.05, 0.1) is 57.3 Å². The molecule has 0 aliphatic carbocycles. The lowest BCUT2D eigenvalue weighted by Gasteiger charge is -2.03. The molecule has 0 aliphatic rings. The minimum Gasteiger partial charge on any atom is -0.392 e. The van der Waals surface area contributed by atoms with Gasteiger partial charge in [-0.3, -0.25) is 9.59 Å². The van der Waals surface area contributed by atoms with Crippen LogP contribution >= 0.6 is 0 Å². The Morgan fingerprint density at radius 2 is 0.645 bits per heavy atom. The molecule has 0 amide bonds. The van der Waals surface area contributed by atoms with Crippen LogP contribution in [0.1, 0.15) is 54.1 Å². The summed E-state index contributed by atoms with van der Waals surface area (Å²) in [7, 11) is 7.99. The summed E-state index contributed by atoms with van der Waals surface area (Å²) in [4.78, 5) is 40.3. The average Bonchev–Trinajstić information content (AvgIpc) is 4.18. The molecule has 4 heterocycles. The summed E-state index contributed by atoms with van der Waals surface area (Å²) in [6.07, 6.45) is 1.71. The molecule has 0 atom stereocenters. The molecule has 12 rings (SSSR count). The molecule has 0 bridgehead atoms. The van der Waals surface area contributed by atoms with Gasteiger partial charge in [-0.05, 0) is 99.5 Å². The van der Waals surface area contributed by atoms with E-state index in [2.05, 4.69) is 158 Å². The molecule has 0 aliphatic heterocycles. The Balaban J connectivity index is 0.000000124. The van der Waals surface area contributed by atoms with Gasteiger partial charge in [0.15, 0.2) is 0 Å². The number of hydrogen-bond donors (Lipinski definition) is 2. The Morgan fingerprint density at radius 1 is 0.342 bits per heavy atom. The number of carbonyl (C=O) groups excluding carboxylic acids is 2. The van der Waals surface area contributed by atoms with Crippen LogP contribution in [0.15, 0.2) is 170 Å². The van der Waals surface area contributed by atoms with Crippen molar-refractivity contribution in [1.29, 1.82) is 0 Å². The van der Waals surface area contributed by atoms with E-state index < -0.39 is 0 Å². The van der Waals surface area contributed by atoms with Crippen molar-refractivity contribution in [3.8, 4) is 45.6 Å². The Hall–Kier alpha value is -9.10. The smallest absolute Gasteiger partial charge is 0.150 e. The van der Waals surface area contributed by atoms with E-state index in [0.717, 1.165) is 113 Å². The zero-order valence-corrected chi connectivity index (χ0v) is 44.0. The van der Waals surface area contributed by atoms with E-state index in [4.69, 9.17) is 0 Å². The lowest BCUT2D eigenvalue weighted by molar-refractivity contribution is 0.111. The normalized spacial score (nSPS) is 11.0. The summed E-state index contributed by atoms with van der Waals surface area (Å²) in [6.45, 7) is 8.38. The number of hydrogen-bond acceptors (Lipinski definition) is 8. The number of aromatic nitrogens is 8. The number of fused-ring (bicyclic) bond motifs is 4. The number of benzene rings is 8. The molecule has 0 unspecified atom stereocenters. The monoisotopic (exact) mass is 1000 g/mol. The summed E-state index contributed by atoms with van der Waals surface area (Å²) in [6, 6.07) is 56.1. The summed E-state index contributed by atoms with van der Waals surface area (Å²) in [5, 5.41) is 18.4. The van der Waals surface area contributed by atoms with Gasteiger partial charge in [0.1, 0.15) is 35.9 Å². The highest BCUT2D eigenvalue weighted by Gasteiger charge is 2.14. The highest BCUT2D eigenvalue weighted by Crippen LogP contribution is 2.29. The fourth-order valence-electron chi connectivity index (χ4n) is 9.09. The number of nitrogens with zero attached hydrogens (tertiary/aromatic N) is 8. The largest absolute Gasteiger partial charge is 0.392 e. The van der Waals surface area contributed by atoms with Crippen molar-refractivity contribution in [2.75, 3.05) is 0 Å². The number of aldehydes is 2. The molecule has 0 saturated carbocycles. The fraction of sp³-hybridized carbons (Fsp3) is 0.156. The topological polar surface area (TPSA) is 146 Å². The van der Waals surface area contributed by atoms with Crippen LogP contribution in [0.2, 0.25) is 0 Å². The fourth-order valence-corrected chi connectivity index (χ4v) is 9.09. The highest BCUT2D eigenvalue weighted by atomic mass is 16.3. The molecule has 380 valence electrons. The van der Waals surface area contributed by atoms with Crippen LogP contribution in [-0.2, 0) is 41.4 Å². The minimum absolute atomic E-state index is 0.0480. The van der Waals surface area contributed by atoms with Crippen molar-refractivity contribution in [1.82, 2.24) is 38.2 Å². The summed E-state index contributed by atoms with van der Waals surface area (Å²) < 4.78 is 8.22. The van der Waals surface area contributed by atoms with Crippen LogP contribution in [0.5, 0.6) is 0 Å². The maximum absolute atomic E-state index is 10.8. The molecular weight excluding hydrogens is 945 g/mol. The molecule has 8 aromatic carbocycles. The first kappa shape index (κ1) is 51.8. The van der Waals surface area contributed by atoms with E-state index in [1.54, 1.807) is 6.07 Å². The van der Waals surface area contributed by atoms with Gasteiger partial charge in [-0.2, -0.15) is 0 Å². The van der Waals surface area contributed by atoms with Gasteiger partial charge in [0.25, 0.3) is 0 Å². The molecule has 0 saturated heterocycles. The van der Waals surface area contributed by atoms with Gasteiger partial charge >= 0.3 is 0 Å². The molecule has 0 spiro atoms. The lowest BCUT2D eigenvalue weighted by Crippen LogP contribution is -1.93. The molecule has 12 nitrogen and oxygen atoms in total. The predicted molar refractivity (Wildman–Crippen MR) is 306 cm³/mol. The number of aliphatic hydroxyl groups excluding tert-OH is 2. The molecule has 2 N–H and O–H groups in total. The molecule has 76 heavy (non-hydrogen) atoms. The van der Waals surface area contributed by atoms with Crippen LogP contribution in [0.3, 0.4) is 0 Å². The summed E-state index contributed by atoms with van der Waals surface area (Å²) in [5.74, 6) is 3.73. The first-order chi connectivity index (χ1) is 36.7. The van der Waals surface area contributed by atoms with Crippen molar-refractivity contribution >= 4 is 56.7 Å². The van der Waals surface area contributed by atoms with Crippen LogP contribution in [0.4, 0.5) is 0 Å². The Labute approximate surface area is 441 Å². The molecule has 12 heteroatoms. The molecule has 12 aromatic rings. The van der Waals surface area contributed by atoms with E-state index in [-0.39, 0.29) is 13.2 Å². The van der Waals surface area contributed by atoms with E-state index in [9.17, 15) is 19.8 Å². The zero-order chi connectivity index (χ0) is 53.6. The number of carbonyl (C=O) groups is 2. The number of aliphatic hydroxyl groups is 2. The first-order valence-corrected chi connectivity index (χ1v) is 25.0. The average molecular weight is 1010 g/mol. The van der Waals surface area contributed by atoms with Gasteiger partial charge in [-0.25, -0.2) is 19.9 Å². The lowest BCUT2D eigenvalue weighted by atomic mass is 10.1. The van der Waals surface area contributed by atoms with Gasteiger partial charge < -0.3 is 28.5 Å². The third kappa shape index (κ3) is 11.0. The van der Waals surface area contributed by atoms with Crippen LogP contribution in [0.25, 0.3) is 89.7 Å². The van der Waals surface area contributed by atoms with Crippen molar-refractivity contribution in [3.05, 3.63) is 214 Å². The standard InChI is InChI=1S/C16H16N2O.C16H14N2O.C16H16N2O.C16H14N2O/c2*1-11-3-6-13(7-4-11)16-17-14-9-12(10-19)5-8-15(14)18(16)2;2*1-11-3-6-13(7-4-11)16-17-14-8-5-12(10-19)9-15(14)18(16)2/h3-9,19H,10H2,1-2H3;3-10H,1-2H3;3-9,19H,10H2,1-2H3;3-10H,1-2H3. The maximum Gasteiger partial charge on any atom is 0.150 e. The Morgan fingerprint density at radius 3 is 1.05 bits per heavy atom.